The number of nitrogens with zero attached hydrogens (tertiary/aromatic N) is 3. The largest absolute Gasteiger partial charge is 0.489 e. The van der Waals surface area contributed by atoms with E-state index in [1.54, 1.807) is 24.3 Å². The number of aldehydes is 1. The van der Waals surface area contributed by atoms with E-state index < -0.39 is 22.7 Å². The Bertz CT molecular complexity index is 1200. The van der Waals surface area contributed by atoms with Gasteiger partial charge in [0.2, 0.25) is 5.95 Å². The monoisotopic (exact) mass is 512 g/mol. The van der Waals surface area contributed by atoms with Gasteiger partial charge >= 0.3 is 0 Å². The number of aromatic nitrogens is 1. The summed E-state index contributed by atoms with van der Waals surface area (Å²) in [6.45, 7) is 9.14. The first-order chi connectivity index (χ1) is 17.0. The number of nitriles is 1. The molecule has 2 fully saturated rings. The molecule has 2 heterocycles. The molecular weight excluding hydrogens is 483 g/mol. The number of nitrogens with one attached hydrogen (secondary N) is 1. The molecule has 1 saturated heterocycles. The Labute approximate surface area is 215 Å². The molecule has 0 radical (unpaired) electrons. The fourth-order valence-electron chi connectivity index (χ4n) is 5.87. The van der Waals surface area contributed by atoms with E-state index in [2.05, 4.69) is 10.3 Å². The summed E-state index contributed by atoms with van der Waals surface area (Å²) in [6, 6.07) is 9.82. The van der Waals surface area contributed by atoms with Crippen LogP contribution < -0.4 is 15.0 Å². The van der Waals surface area contributed by atoms with Crippen LogP contribution in [0.2, 0.25) is 5.02 Å². The molecule has 1 aromatic carbocycles. The number of pyridine rings is 1. The Morgan fingerprint density at radius 3 is 2.44 bits per heavy atom. The third kappa shape index (κ3) is 4.64. The molecule has 7 nitrogen and oxygen atoms in total. The molecule has 1 saturated carbocycles. The van der Waals surface area contributed by atoms with E-state index in [4.69, 9.17) is 21.6 Å². The summed E-state index contributed by atoms with van der Waals surface area (Å²) < 4.78 is 21.1. The molecule has 1 aliphatic carbocycles. The number of amides is 1. The summed E-state index contributed by atoms with van der Waals surface area (Å²) in [7, 11) is 0. The molecule has 4 rings (SSSR count). The Kier molecular flexibility index (Phi) is 6.98. The van der Waals surface area contributed by atoms with E-state index >= 15 is 0 Å². The van der Waals surface area contributed by atoms with Crippen LogP contribution in [0.5, 0.6) is 5.75 Å². The molecule has 1 amide bonds. The minimum absolute atomic E-state index is 0.00821. The van der Waals surface area contributed by atoms with Gasteiger partial charge in [-0.05, 0) is 37.1 Å². The molecule has 1 N–H and O–H groups in total. The highest BCUT2D eigenvalue weighted by atomic mass is 35.5. The number of carbonyl (C=O) groups is 2. The smallest absolute Gasteiger partial charge is 0.270 e. The van der Waals surface area contributed by atoms with Crippen molar-refractivity contribution in [2.75, 3.05) is 18.0 Å². The second kappa shape index (κ2) is 9.70. The van der Waals surface area contributed by atoms with Crippen molar-refractivity contribution < 1.29 is 18.7 Å². The molecule has 0 bridgehead atoms. The van der Waals surface area contributed by atoms with E-state index in [-0.39, 0.29) is 23.8 Å². The lowest BCUT2D eigenvalue weighted by Gasteiger charge is -2.63. The van der Waals surface area contributed by atoms with Crippen LogP contribution in [0.3, 0.4) is 0 Å². The number of carbonyl (C=O) groups excluding carboxylic acids is 2. The first kappa shape index (κ1) is 25.9. The highest BCUT2D eigenvalue weighted by Crippen LogP contribution is 2.55. The average molecular weight is 513 g/mol. The van der Waals surface area contributed by atoms with Crippen LogP contribution in [0.1, 0.15) is 56.6 Å². The van der Waals surface area contributed by atoms with Gasteiger partial charge < -0.3 is 19.7 Å². The molecule has 2 aliphatic rings. The number of hydrogen-bond donors (Lipinski definition) is 1. The zero-order chi connectivity index (χ0) is 26.3. The first-order valence-corrected chi connectivity index (χ1v) is 12.4. The van der Waals surface area contributed by atoms with E-state index in [9.17, 15) is 14.0 Å². The number of anilines is 1. The number of rotatable bonds is 6. The summed E-state index contributed by atoms with van der Waals surface area (Å²) in [6.07, 6.45) is 2.06. The van der Waals surface area contributed by atoms with Gasteiger partial charge in [0.25, 0.3) is 5.91 Å². The molecule has 1 aliphatic heterocycles. The number of halogens is 2. The van der Waals surface area contributed by atoms with Gasteiger partial charge in [-0.15, -0.1) is 0 Å². The average Bonchev–Trinajstić information content (AvgIpc) is 2.85. The SMILES string of the molecule is CC1(C)[C@H](NC(=O)c2ccc(N3CCC(C=O)CC3)c(F)n2)C(C)(C)[C@H]1Oc1ccc(C#N)c(Cl)c1. The highest BCUT2D eigenvalue weighted by molar-refractivity contribution is 6.31. The van der Waals surface area contributed by atoms with Crippen molar-refractivity contribution in [1.82, 2.24) is 10.3 Å². The number of hydrogen-bond acceptors (Lipinski definition) is 6. The minimum Gasteiger partial charge on any atom is -0.489 e. The van der Waals surface area contributed by atoms with Crippen LogP contribution in [0.25, 0.3) is 0 Å². The van der Waals surface area contributed by atoms with Crippen molar-refractivity contribution in [2.45, 2.75) is 52.7 Å². The van der Waals surface area contributed by atoms with E-state index in [1.165, 1.54) is 6.07 Å². The summed E-state index contributed by atoms with van der Waals surface area (Å²) >= 11 is 6.15. The van der Waals surface area contributed by atoms with Gasteiger partial charge in [0, 0.05) is 41.9 Å². The number of ether oxygens (including phenoxy) is 1. The molecule has 36 heavy (non-hydrogen) atoms. The predicted molar refractivity (Wildman–Crippen MR) is 135 cm³/mol. The van der Waals surface area contributed by atoms with Gasteiger partial charge in [0.05, 0.1) is 16.3 Å². The highest BCUT2D eigenvalue weighted by Gasteiger charge is 2.64. The third-order valence-electron chi connectivity index (χ3n) is 7.56. The topological polar surface area (TPSA) is 95.3 Å². The normalized spacial score (nSPS) is 22.8. The Morgan fingerprint density at radius 1 is 1.22 bits per heavy atom. The maximum absolute atomic E-state index is 14.8. The summed E-state index contributed by atoms with van der Waals surface area (Å²) in [4.78, 5) is 29.8. The van der Waals surface area contributed by atoms with Crippen molar-refractivity contribution >= 4 is 29.5 Å². The predicted octanol–water partition coefficient (Wildman–Crippen LogP) is 4.77. The standard InChI is InChI=1S/C27H30ClFN4O3/c1-26(2)24(27(3,4)25(26)36-18-6-5-17(14-30)19(28)13-18)32-23(35)20-7-8-21(22(29)31-20)33-11-9-16(15-34)10-12-33/h5-8,13,15-16,24-25H,9-12H2,1-4H3,(H,32,35)/t24-,25-. The lowest BCUT2D eigenvalue weighted by molar-refractivity contribution is -0.164. The Hall–Kier alpha value is -3.18. The van der Waals surface area contributed by atoms with Crippen LogP contribution in [0, 0.1) is 34.0 Å². The summed E-state index contributed by atoms with van der Waals surface area (Å²) in [5.41, 5.74) is -0.164. The minimum atomic E-state index is -0.696. The third-order valence-corrected chi connectivity index (χ3v) is 7.88. The molecule has 1 aromatic heterocycles. The van der Waals surface area contributed by atoms with E-state index in [1.807, 2.05) is 38.7 Å². The van der Waals surface area contributed by atoms with Crippen LogP contribution in [0.4, 0.5) is 10.1 Å². The zero-order valence-electron chi connectivity index (χ0n) is 20.8. The van der Waals surface area contributed by atoms with E-state index in [0.717, 1.165) is 6.29 Å². The fourth-order valence-corrected chi connectivity index (χ4v) is 6.08. The van der Waals surface area contributed by atoms with Crippen molar-refractivity contribution in [2.24, 2.45) is 16.7 Å². The first-order valence-electron chi connectivity index (χ1n) is 12.0. The number of piperidine rings is 1. The van der Waals surface area contributed by atoms with Crippen LogP contribution in [0.15, 0.2) is 30.3 Å². The van der Waals surface area contributed by atoms with Gasteiger partial charge in [0.15, 0.2) is 0 Å². The second-order valence-electron chi connectivity index (χ2n) is 10.8. The molecule has 0 unspecified atom stereocenters. The van der Waals surface area contributed by atoms with Gasteiger partial charge in [0.1, 0.15) is 29.9 Å². The van der Waals surface area contributed by atoms with Gasteiger partial charge in [-0.2, -0.15) is 9.65 Å². The van der Waals surface area contributed by atoms with Gasteiger partial charge in [-0.3, -0.25) is 4.79 Å². The maximum atomic E-state index is 14.8. The Morgan fingerprint density at radius 2 is 1.89 bits per heavy atom. The van der Waals surface area contributed by atoms with Gasteiger partial charge in [-0.1, -0.05) is 39.3 Å². The number of benzene rings is 1. The molecular formula is C27H30ClFN4O3. The van der Waals surface area contributed by atoms with E-state index in [0.29, 0.717) is 48.0 Å². The molecule has 9 heteroatoms. The summed E-state index contributed by atoms with van der Waals surface area (Å²) in [5.74, 6) is -0.589. The fraction of sp³-hybridized carbons (Fsp3) is 0.481. The molecule has 190 valence electrons. The quantitative estimate of drug-likeness (QED) is 0.442. The lowest BCUT2D eigenvalue weighted by Crippen LogP contribution is -2.74. The second-order valence-corrected chi connectivity index (χ2v) is 11.2. The summed E-state index contributed by atoms with van der Waals surface area (Å²) in [5, 5.41) is 12.4. The Balaban J connectivity index is 1.44. The van der Waals surface area contributed by atoms with Crippen molar-refractivity contribution in [3.05, 3.63) is 52.6 Å². The lowest BCUT2D eigenvalue weighted by atomic mass is 9.49. The molecule has 0 spiro atoms. The van der Waals surface area contributed by atoms with Crippen LogP contribution in [-0.4, -0.2) is 42.4 Å². The zero-order valence-corrected chi connectivity index (χ0v) is 21.6. The van der Waals surface area contributed by atoms with Crippen molar-refractivity contribution in [1.29, 1.82) is 5.26 Å². The van der Waals surface area contributed by atoms with Crippen LogP contribution >= 0.6 is 11.6 Å². The maximum Gasteiger partial charge on any atom is 0.270 e. The van der Waals surface area contributed by atoms with Crippen molar-refractivity contribution in [3.8, 4) is 11.8 Å². The van der Waals surface area contributed by atoms with Gasteiger partial charge in [-0.25, -0.2) is 4.98 Å². The van der Waals surface area contributed by atoms with Crippen LogP contribution in [-0.2, 0) is 4.79 Å². The van der Waals surface area contributed by atoms with Crippen molar-refractivity contribution in [3.63, 3.8) is 0 Å². The molecule has 2 aromatic rings. The molecule has 0 atom stereocenters.